The van der Waals surface area contributed by atoms with Crippen molar-refractivity contribution < 1.29 is 4.79 Å². The molecule has 0 aliphatic carbocycles. The summed E-state index contributed by atoms with van der Waals surface area (Å²) in [6.07, 6.45) is 1.62. The molecule has 2 N–H and O–H groups in total. The van der Waals surface area contributed by atoms with Crippen LogP contribution in [0.4, 0.5) is 15.6 Å². The summed E-state index contributed by atoms with van der Waals surface area (Å²) in [7, 11) is 0. The minimum atomic E-state index is -0.298. The molecule has 4 nitrogen and oxygen atoms in total. The fourth-order valence-electron chi connectivity index (χ4n) is 1.08. The highest BCUT2D eigenvalue weighted by Crippen LogP contribution is 2.16. The van der Waals surface area contributed by atoms with Gasteiger partial charge in [0.05, 0.1) is 5.00 Å². The van der Waals surface area contributed by atoms with E-state index in [-0.39, 0.29) is 6.03 Å². The molecule has 2 amide bonds. The van der Waals surface area contributed by atoms with Crippen LogP contribution < -0.4 is 10.6 Å². The van der Waals surface area contributed by atoms with E-state index in [1.807, 2.05) is 17.5 Å². The Labute approximate surface area is 105 Å². The highest BCUT2D eigenvalue weighted by molar-refractivity contribution is 9.10. The van der Waals surface area contributed by atoms with Crippen molar-refractivity contribution in [3.8, 4) is 0 Å². The van der Waals surface area contributed by atoms with Crippen molar-refractivity contribution in [1.82, 2.24) is 4.98 Å². The van der Waals surface area contributed by atoms with E-state index in [9.17, 15) is 4.79 Å². The molecule has 2 rings (SSSR count). The van der Waals surface area contributed by atoms with Crippen LogP contribution in [0.3, 0.4) is 0 Å². The molecule has 2 aromatic heterocycles. The molecule has 0 atom stereocenters. The number of rotatable bonds is 2. The molecule has 0 spiro atoms. The normalized spacial score (nSPS) is 9.81. The zero-order chi connectivity index (χ0) is 11.4. The second-order valence-electron chi connectivity index (χ2n) is 2.92. The minimum Gasteiger partial charge on any atom is -0.299 e. The Morgan fingerprint density at radius 3 is 2.94 bits per heavy atom. The van der Waals surface area contributed by atoms with Gasteiger partial charge < -0.3 is 0 Å². The van der Waals surface area contributed by atoms with Gasteiger partial charge >= 0.3 is 6.03 Å². The predicted molar refractivity (Wildman–Crippen MR) is 68.9 cm³/mol. The van der Waals surface area contributed by atoms with Crippen molar-refractivity contribution in [2.75, 3.05) is 10.6 Å². The number of carbonyl (C=O) groups excluding carboxylic acids is 1. The molecule has 0 aliphatic rings. The molecule has 16 heavy (non-hydrogen) atoms. The summed E-state index contributed by atoms with van der Waals surface area (Å²) in [6.45, 7) is 0. The van der Waals surface area contributed by atoms with Gasteiger partial charge in [0.2, 0.25) is 0 Å². The van der Waals surface area contributed by atoms with Crippen LogP contribution in [0.1, 0.15) is 0 Å². The molecule has 0 saturated carbocycles. The van der Waals surface area contributed by atoms with Gasteiger partial charge in [-0.3, -0.25) is 10.6 Å². The Kier molecular flexibility index (Phi) is 3.53. The molecule has 6 heteroatoms. The van der Waals surface area contributed by atoms with E-state index >= 15 is 0 Å². The van der Waals surface area contributed by atoms with Gasteiger partial charge in [-0.1, -0.05) is 15.9 Å². The second-order valence-corrected chi connectivity index (χ2v) is 4.78. The monoisotopic (exact) mass is 297 g/mol. The first kappa shape index (κ1) is 11.1. The van der Waals surface area contributed by atoms with Crippen molar-refractivity contribution in [3.05, 3.63) is 40.3 Å². The van der Waals surface area contributed by atoms with E-state index < -0.39 is 0 Å². The number of halogens is 1. The molecular formula is C10H8BrN3OS. The average Bonchev–Trinajstić information content (AvgIpc) is 2.70. The van der Waals surface area contributed by atoms with Crippen molar-refractivity contribution >= 4 is 44.1 Å². The first-order valence-corrected chi connectivity index (χ1v) is 6.14. The summed E-state index contributed by atoms with van der Waals surface area (Å²) < 4.78 is 0.869. The van der Waals surface area contributed by atoms with Crippen LogP contribution >= 0.6 is 27.3 Å². The van der Waals surface area contributed by atoms with Gasteiger partial charge in [-0.15, -0.1) is 11.3 Å². The topological polar surface area (TPSA) is 54.0 Å². The predicted octanol–water partition coefficient (Wildman–Crippen LogP) is 3.55. The number of pyridine rings is 1. The van der Waals surface area contributed by atoms with Gasteiger partial charge in [0.1, 0.15) is 5.82 Å². The van der Waals surface area contributed by atoms with E-state index in [1.54, 1.807) is 18.3 Å². The van der Waals surface area contributed by atoms with Crippen molar-refractivity contribution in [1.29, 1.82) is 0 Å². The van der Waals surface area contributed by atoms with Crippen molar-refractivity contribution in [3.63, 3.8) is 0 Å². The maximum absolute atomic E-state index is 11.5. The number of hydrogen-bond donors (Lipinski definition) is 2. The van der Waals surface area contributed by atoms with E-state index in [2.05, 4.69) is 31.5 Å². The van der Waals surface area contributed by atoms with Crippen LogP contribution in [0.2, 0.25) is 0 Å². The summed E-state index contributed by atoms with van der Waals surface area (Å²) in [6, 6.07) is 6.93. The fraction of sp³-hybridized carbons (Fsp3) is 0. The number of carbonyl (C=O) groups is 1. The van der Waals surface area contributed by atoms with Crippen LogP contribution in [0.15, 0.2) is 40.3 Å². The summed E-state index contributed by atoms with van der Waals surface area (Å²) in [5.41, 5.74) is 0. The molecule has 2 aromatic rings. The number of aromatic nitrogens is 1. The maximum atomic E-state index is 11.5. The Morgan fingerprint density at radius 1 is 1.38 bits per heavy atom. The molecular weight excluding hydrogens is 290 g/mol. The Hall–Kier alpha value is -1.40. The Balaban J connectivity index is 1.97. The Bertz CT molecular complexity index is 487. The smallest absolute Gasteiger partial charge is 0.299 e. The second kappa shape index (κ2) is 5.09. The van der Waals surface area contributed by atoms with Crippen molar-refractivity contribution in [2.45, 2.75) is 0 Å². The lowest BCUT2D eigenvalue weighted by molar-refractivity contribution is 0.262. The number of amides is 2. The lowest BCUT2D eigenvalue weighted by Gasteiger charge is -2.04. The minimum absolute atomic E-state index is 0.298. The third kappa shape index (κ3) is 3.04. The van der Waals surface area contributed by atoms with Crippen molar-refractivity contribution in [2.24, 2.45) is 0 Å². The third-order valence-corrected chi connectivity index (χ3v) is 3.00. The number of thiophene rings is 1. The highest BCUT2D eigenvalue weighted by atomic mass is 79.9. The molecule has 2 heterocycles. The Morgan fingerprint density at radius 2 is 2.25 bits per heavy atom. The van der Waals surface area contributed by atoms with Gasteiger partial charge in [0.25, 0.3) is 0 Å². The molecule has 0 aromatic carbocycles. The summed E-state index contributed by atoms with van der Waals surface area (Å²) >= 11 is 4.77. The standard InChI is InChI=1S/C10H8BrN3OS/c11-7-3-4-12-8(6-7)13-10(15)14-9-2-1-5-16-9/h1-6H,(H2,12,13,14,15). The molecule has 0 bridgehead atoms. The zero-order valence-electron chi connectivity index (χ0n) is 8.11. The van der Waals surface area contributed by atoms with Gasteiger partial charge in [0.15, 0.2) is 0 Å². The molecule has 0 aliphatic heterocycles. The van der Waals surface area contributed by atoms with E-state index in [0.717, 1.165) is 9.47 Å². The number of hydrogen-bond acceptors (Lipinski definition) is 3. The first-order chi connectivity index (χ1) is 7.74. The number of anilines is 2. The quantitative estimate of drug-likeness (QED) is 0.891. The molecule has 0 radical (unpaired) electrons. The lowest BCUT2D eigenvalue weighted by atomic mass is 10.5. The van der Waals surface area contributed by atoms with Gasteiger partial charge in [-0.05, 0) is 29.6 Å². The maximum Gasteiger partial charge on any atom is 0.325 e. The van der Waals surface area contributed by atoms with Crippen LogP contribution in [0.5, 0.6) is 0 Å². The van der Waals surface area contributed by atoms with E-state index in [1.165, 1.54) is 11.3 Å². The SMILES string of the molecule is O=C(Nc1cc(Br)ccn1)Nc1cccs1. The average molecular weight is 298 g/mol. The lowest BCUT2D eigenvalue weighted by Crippen LogP contribution is -2.19. The highest BCUT2D eigenvalue weighted by Gasteiger charge is 2.03. The molecule has 0 saturated heterocycles. The van der Waals surface area contributed by atoms with Gasteiger partial charge in [-0.2, -0.15) is 0 Å². The van der Waals surface area contributed by atoms with Gasteiger partial charge in [0, 0.05) is 10.7 Å². The first-order valence-electron chi connectivity index (χ1n) is 4.47. The number of nitrogens with one attached hydrogen (secondary N) is 2. The molecule has 82 valence electrons. The summed E-state index contributed by atoms with van der Waals surface area (Å²) in [5, 5.41) is 8.03. The number of urea groups is 1. The van der Waals surface area contributed by atoms with E-state index in [4.69, 9.17) is 0 Å². The number of nitrogens with zero attached hydrogens (tertiary/aromatic N) is 1. The molecule has 0 fully saturated rings. The fourth-order valence-corrected chi connectivity index (χ4v) is 2.03. The molecule has 0 unspecified atom stereocenters. The summed E-state index contributed by atoms with van der Waals surface area (Å²) in [4.78, 5) is 15.5. The zero-order valence-corrected chi connectivity index (χ0v) is 10.5. The van der Waals surface area contributed by atoms with Crippen LogP contribution in [0.25, 0.3) is 0 Å². The van der Waals surface area contributed by atoms with Gasteiger partial charge in [-0.25, -0.2) is 9.78 Å². The van der Waals surface area contributed by atoms with Crippen LogP contribution in [-0.4, -0.2) is 11.0 Å². The largest absolute Gasteiger partial charge is 0.325 e. The third-order valence-electron chi connectivity index (χ3n) is 1.72. The van der Waals surface area contributed by atoms with Crippen LogP contribution in [-0.2, 0) is 0 Å². The van der Waals surface area contributed by atoms with E-state index in [0.29, 0.717) is 5.82 Å². The summed E-state index contributed by atoms with van der Waals surface area (Å²) in [5.74, 6) is 0.503. The van der Waals surface area contributed by atoms with Crippen LogP contribution in [0, 0.1) is 0 Å².